The topological polar surface area (TPSA) is 95.9 Å². The van der Waals surface area contributed by atoms with E-state index in [1.165, 1.54) is 18.2 Å². The van der Waals surface area contributed by atoms with Crippen LogP contribution in [0.4, 0.5) is 32.0 Å². The number of carboxylic acids is 1. The zero-order valence-electron chi connectivity index (χ0n) is 29.8. The minimum Gasteiger partial charge on any atom is -0.481 e. The molecule has 0 heterocycles. The van der Waals surface area contributed by atoms with Crippen molar-refractivity contribution in [1.82, 2.24) is 5.32 Å². The molecule has 0 radical (unpaired) electrons. The molecule has 0 aliphatic carbocycles. The molecule has 0 saturated carbocycles. The van der Waals surface area contributed by atoms with Gasteiger partial charge in [-0.1, -0.05) is 92.0 Å². The number of ether oxygens (including phenoxy) is 1. The Morgan fingerprint density at radius 3 is 2.02 bits per heavy atom. The van der Waals surface area contributed by atoms with Gasteiger partial charge in [0, 0.05) is 22.7 Å². The standard InChI is InChI=1S/C42H35ClF6N2O5/c1-2-3-9-20-51(40(55)28-21-29(41(44,45)46)23-30(22-28)42(47,48)49)36-19-18-31(43)24-34(36)39(54)50-35(25-38(52)53)27-16-14-26(15-17-27)33-12-7-8-13-37(33)56-32-10-5-4-6-11-32/h4-8,10-19,21-24,35H,2-3,9,20,25H2,1H3,(H,50,54)(H,52,53). The average molecular weight is 797 g/mol. The highest BCUT2D eigenvalue weighted by Crippen LogP contribution is 2.38. The van der Waals surface area contributed by atoms with Crippen molar-refractivity contribution in [2.24, 2.45) is 0 Å². The highest BCUT2D eigenvalue weighted by atomic mass is 35.5. The van der Waals surface area contributed by atoms with E-state index in [0.717, 1.165) is 16.0 Å². The van der Waals surface area contributed by atoms with E-state index in [1.54, 1.807) is 42.5 Å². The summed E-state index contributed by atoms with van der Waals surface area (Å²) in [4.78, 5) is 41.0. The van der Waals surface area contributed by atoms with E-state index >= 15 is 0 Å². The second-order valence-electron chi connectivity index (χ2n) is 12.8. The molecule has 5 rings (SSSR count). The van der Waals surface area contributed by atoms with Gasteiger partial charge in [0.2, 0.25) is 0 Å². The minimum atomic E-state index is -5.20. The fourth-order valence-electron chi connectivity index (χ4n) is 5.98. The molecule has 5 aromatic rings. The van der Waals surface area contributed by atoms with Crippen LogP contribution in [0, 0.1) is 0 Å². The predicted molar refractivity (Wildman–Crippen MR) is 200 cm³/mol. The largest absolute Gasteiger partial charge is 0.481 e. The van der Waals surface area contributed by atoms with Crippen molar-refractivity contribution in [3.05, 3.63) is 148 Å². The molecule has 0 aliphatic rings. The maximum absolute atomic E-state index is 14.0. The van der Waals surface area contributed by atoms with Crippen molar-refractivity contribution in [2.45, 2.75) is 51.0 Å². The molecule has 0 aromatic heterocycles. The summed E-state index contributed by atoms with van der Waals surface area (Å²) in [5, 5.41) is 12.5. The molecule has 14 heteroatoms. The molecule has 5 aromatic carbocycles. The van der Waals surface area contributed by atoms with Gasteiger partial charge >= 0.3 is 18.3 Å². The smallest absolute Gasteiger partial charge is 0.416 e. The van der Waals surface area contributed by atoms with Gasteiger partial charge in [-0.05, 0) is 72.1 Å². The van der Waals surface area contributed by atoms with E-state index in [9.17, 15) is 45.8 Å². The number of carboxylic acid groups (broad SMARTS) is 1. The lowest BCUT2D eigenvalue weighted by Gasteiger charge is -2.27. The number of unbranched alkanes of at least 4 members (excludes halogenated alkanes) is 2. The van der Waals surface area contributed by atoms with Gasteiger partial charge in [-0.25, -0.2) is 0 Å². The first-order valence-electron chi connectivity index (χ1n) is 17.4. The Kier molecular flexibility index (Phi) is 13.1. The number of alkyl halides is 6. The number of benzene rings is 5. The summed E-state index contributed by atoms with van der Waals surface area (Å²) in [5.74, 6) is -2.19. The third kappa shape index (κ3) is 10.5. The number of hydrogen-bond acceptors (Lipinski definition) is 4. The van der Waals surface area contributed by atoms with Gasteiger partial charge in [0.1, 0.15) is 11.5 Å². The Morgan fingerprint density at radius 1 is 0.786 bits per heavy atom. The van der Waals surface area contributed by atoms with Gasteiger partial charge in [-0.3, -0.25) is 14.4 Å². The molecule has 292 valence electrons. The Balaban J connectivity index is 1.49. The van der Waals surface area contributed by atoms with Crippen molar-refractivity contribution >= 4 is 35.1 Å². The summed E-state index contributed by atoms with van der Waals surface area (Å²) >= 11 is 6.27. The van der Waals surface area contributed by atoms with E-state index in [0.29, 0.717) is 42.0 Å². The second-order valence-corrected chi connectivity index (χ2v) is 13.2. The Morgan fingerprint density at radius 2 is 1.41 bits per heavy atom. The molecule has 0 saturated heterocycles. The van der Waals surface area contributed by atoms with E-state index < -0.39 is 59.3 Å². The maximum atomic E-state index is 14.0. The van der Waals surface area contributed by atoms with Gasteiger partial charge < -0.3 is 20.1 Å². The number of nitrogens with one attached hydrogen (secondary N) is 1. The fraction of sp³-hybridized carbons (Fsp3) is 0.214. The Hall–Kier alpha value is -5.82. The van der Waals surface area contributed by atoms with Crippen LogP contribution in [0.25, 0.3) is 11.1 Å². The van der Waals surface area contributed by atoms with Crippen LogP contribution in [-0.2, 0) is 17.1 Å². The molecule has 1 atom stereocenters. The molecule has 2 N–H and O–H groups in total. The molecule has 0 bridgehead atoms. The first-order chi connectivity index (χ1) is 26.5. The lowest BCUT2D eigenvalue weighted by molar-refractivity contribution is -0.143. The van der Waals surface area contributed by atoms with Crippen molar-refractivity contribution in [2.75, 3.05) is 11.4 Å². The lowest BCUT2D eigenvalue weighted by atomic mass is 9.98. The molecule has 1 unspecified atom stereocenters. The van der Waals surface area contributed by atoms with Crippen LogP contribution in [-0.4, -0.2) is 29.4 Å². The molecule has 7 nitrogen and oxygen atoms in total. The maximum Gasteiger partial charge on any atom is 0.416 e. The number of carbonyl (C=O) groups is 3. The summed E-state index contributed by atoms with van der Waals surface area (Å²) < 4.78 is 88.5. The fourth-order valence-corrected chi connectivity index (χ4v) is 6.15. The zero-order chi connectivity index (χ0) is 40.6. The van der Waals surface area contributed by atoms with E-state index in [-0.39, 0.29) is 35.3 Å². The van der Waals surface area contributed by atoms with Gasteiger partial charge in [0.25, 0.3) is 11.8 Å². The number of aliphatic carboxylic acids is 1. The van der Waals surface area contributed by atoms with Crippen molar-refractivity contribution in [3.8, 4) is 22.6 Å². The number of nitrogens with zero attached hydrogens (tertiary/aromatic N) is 1. The summed E-state index contributed by atoms with van der Waals surface area (Å²) in [6.07, 6.45) is -9.51. The van der Waals surface area contributed by atoms with Crippen LogP contribution in [0.1, 0.15) is 76.1 Å². The monoisotopic (exact) mass is 796 g/mol. The number of hydrogen-bond donors (Lipinski definition) is 2. The molecular weight excluding hydrogens is 762 g/mol. The number of anilines is 1. The molecule has 0 spiro atoms. The highest BCUT2D eigenvalue weighted by Gasteiger charge is 2.38. The molecule has 2 amide bonds. The molecule has 56 heavy (non-hydrogen) atoms. The van der Waals surface area contributed by atoms with Crippen LogP contribution in [0.15, 0.2) is 115 Å². The summed E-state index contributed by atoms with van der Waals surface area (Å²) in [6, 6.07) is 26.4. The predicted octanol–water partition coefficient (Wildman–Crippen LogP) is 11.6. The number of carbonyl (C=O) groups excluding carboxylic acids is 2. The van der Waals surface area contributed by atoms with Crippen LogP contribution in [0.5, 0.6) is 11.5 Å². The first-order valence-corrected chi connectivity index (χ1v) is 17.8. The molecule has 0 fully saturated rings. The number of rotatable bonds is 14. The van der Waals surface area contributed by atoms with E-state index in [4.69, 9.17) is 16.3 Å². The second kappa shape index (κ2) is 17.8. The highest BCUT2D eigenvalue weighted by molar-refractivity contribution is 6.31. The SMILES string of the molecule is CCCCCN(C(=O)c1cc(C(F)(F)F)cc(C(F)(F)F)c1)c1ccc(Cl)cc1C(=O)NC(CC(=O)O)c1ccc(-c2ccccc2Oc2ccccc2)cc1. The third-order valence-corrected chi connectivity index (χ3v) is 8.96. The number of amides is 2. The quantitative estimate of drug-likeness (QED) is 0.0862. The summed E-state index contributed by atoms with van der Waals surface area (Å²) in [5.41, 5.74) is -2.80. The van der Waals surface area contributed by atoms with Gasteiger partial charge in [-0.15, -0.1) is 0 Å². The van der Waals surface area contributed by atoms with Gasteiger partial charge in [0.15, 0.2) is 0 Å². The molecular formula is C42H35ClF6N2O5. The first kappa shape index (κ1) is 41.3. The van der Waals surface area contributed by atoms with Crippen LogP contribution in [0.3, 0.4) is 0 Å². The van der Waals surface area contributed by atoms with Crippen LogP contribution in [0.2, 0.25) is 5.02 Å². The summed E-state index contributed by atoms with van der Waals surface area (Å²) in [7, 11) is 0. The number of halogens is 7. The van der Waals surface area contributed by atoms with Gasteiger partial charge in [0.05, 0.1) is 34.8 Å². The average Bonchev–Trinajstić information content (AvgIpc) is 3.16. The van der Waals surface area contributed by atoms with Gasteiger partial charge in [-0.2, -0.15) is 26.3 Å². The zero-order valence-corrected chi connectivity index (χ0v) is 30.5. The lowest BCUT2D eigenvalue weighted by Crippen LogP contribution is -2.36. The van der Waals surface area contributed by atoms with Crippen molar-refractivity contribution in [3.63, 3.8) is 0 Å². The van der Waals surface area contributed by atoms with E-state index in [2.05, 4.69) is 5.32 Å². The molecule has 0 aliphatic heterocycles. The Bertz CT molecular complexity index is 2140. The number of para-hydroxylation sites is 2. The van der Waals surface area contributed by atoms with Crippen LogP contribution < -0.4 is 15.0 Å². The van der Waals surface area contributed by atoms with Crippen molar-refractivity contribution in [1.29, 1.82) is 0 Å². The normalized spacial score (nSPS) is 12.1. The van der Waals surface area contributed by atoms with E-state index in [1.807, 2.05) is 43.3 Å². The Labute approximate surface area is 323 Å². The van der Waals surface area contributed by atoms with Crippen molar-refractivity contribution < 1.29 is 50.6 Å². The minimum absolute atomic E-state index is 0.0220. The van der Waals surface area contributed by atoms with Crippen LogP contribution >= 0.6 is 11.6 Å². The third-order valence-electron chi connectivity index (χ3n) is 8.73. The summed E-state index contributed by atoms with van der Waals surface area (Å²) in [6.45, 7) is 1.67.